The van der Waals surface area contributed by atoms with Crippen molar-refractivity contribution in [3.05, 3.63) is 33.3 Å². The van der Waals surface area contributed by atoms with Crippen LogP contribution in [0, 0.1) is 13.8 Å². The zero-order valence-electron chi connectivity index (χ0n) is 8.19. The summed E-state index contributed by atoms with van der Waals surface area (Å²) in [7, 11) is 0. The number of aliphatic hydroxyl groups is 1. The monoisotopic (exact) mass is 282 g/mol. The van der Waals surface area contributed by atoms with Gasteiger partial charge in [0, 0.05) is 4.47 Å². The Bertz CT molecular complexity index is 374. The molecule has 1 nitrogen and oxygen atoms in total. The number of aryl methyl sites for hydroxylation is 2. The van der Waals surface area contributed by atoms with E-state index in [1.807, 2.05) is 0 Å². The van der Waals surface area contributed by atoms with Gasteiger partial charge in [-0.3, -0.25) is 0 Å². The predicted octanol–water partition coefficient (Wildman–Crippen LogP) is 3.66. The Kier molecular flexibility index (Phi) is 3.45. The van der Waals surface area contributed by atoms with Gasteiger partial charge in [0.25, 0.3) is 0 Å². The summed E-state index contributed by atoms with van der Waals surface area (Å²) in [5, 5.41) is 9.11. The van der Waals surface area contributed by atoms with Crippen molar-refractivity contribution in [2.24, 2.45) is 0 Å². The van der Waals surface area contributed by atoms with E-state index in [4.69, 9.17) is 5.11 Å². The number of alkyl halides is 3. The zero-order valence-corrected chi connectivity index (χ0v) is 9.78. The SMILES string of the molecule is Cc1cc(C(O)C(F)(F)F)c(C)cc1Br. The van der Waals surface area contributed by atoms with Gasteiger partial charge in [-0.25, -0.2) is 0 Å². The van der Waals surface area contributed by atoms with Gasteiger partial charge in [0.2, 0.25) is 0 Å². The Morgan fingerprint density at radius 3 is 2.20 bits per heavy atom. The number of benzene rings is 1. The van der Waals surface area contributed by atoms with E-state index in [0.717, 1.165) is 4.47 Å². The fourth-order valence-corrected chi connectivity index (χ4v) is 1.73. The number of hydrogen-bond donors (Lipinski definition) is 1. The second-order valence-corrected chi connectivity index (χ2v) is 4.26. The third-order valence-corrected chi connectivity index (χ3v) is 3.01. The van der Waals surface area contributed by atoms with E-state index in [-0.39, 0.29) is 5.56 Å². The van der Waals surface area contributed by atoms with Gasteiger partial charge in [-0.1, -0.05) is 22.0 Å². The molecule has 0 bridgehead atoms. The minimum Gasteiger partial charge on any atom is -0.379 e. The van der Waals surface area contributed by atoms with Gasteiger partial charge in [0.15, 0.2) is 6.10 Å². The van der Waals surface area contributed by atoms with Crippen molar-refractivity contribution < 1.29 is 18.3 Å². The van der Waals surface area contributed by atoms with Crippen LogP contribution in [-0.4, -0.2) is 11.3 Å². The Balaban J connectivity index is 3.21. The van der Waals surface area contributed by atoms with Crippen molar-refractivity contribution in [1.29, 1.82) is 0 Å². The highest BCUT2D eigenvalue weighted by atomic mass is 79.9. The number of hydrogen-bond acceptors (Lipinski definition) is 1. The highest BCUT2D eigenvalue weighted by Crippen LogP contribution is 2.35. The summed E-state index contributed by atoms with van der Waals surface area (Å²) in [4.78, 5) is 0. The number of aliphatic hydroxyl groups excluding tert-OH is 1. The molecule has 1 aromatic rings. The van der Waals surface area contributed by atoms with Gasteiger partial charge in [-0.05, 0) is 36.6 Å². The van der Waals surface area contributed by atoms with E-state index in [0.29, 0.717) is 11.1 Å². The summed E-state index contributed by atoms with van der Waals surface area (Å²) in [6.07, 6.45) is -7.03. The molecule has 0 heterocycles. The molecule has 5 heteroatoms. The molecule has 0 aliphatic carbocycles. The Labute approximate surface area is 94.0 Å². The molecule has 0 amide bonds. The van der Waals surface area contributed by atoms with Crippen LogP contribution < -0.4 is 0 Å². The molecular formula is C10H10BrF3O. The molecule has 0 fully saturated rings. The average molecular weight is 283 g/mol. The predicted molar refractivity (Wildman–Crippen MR) is 54.6 cm³/mol. The third-order valence-electron chi connectivity index (χ3n) is 2.15. The van der Waals surface area contributed by atoms with Crippen LogP contribution in [0.1, 0.15) is 22.8 Å². The smallest absolute Gasteiger partial charge is 0.379 e. The maximum Gasteiger partial charge on any atom is 0.418 e. The van der Waals surface area contributed by atoms with Crippen molar-refractivity contribution >= 4 is 15.9 Å². The lowest BCUT2D eigenvalue weighted by atomic mass is 10.0. The van der Waals surface area contributed by atoms with Crippen LogP contribution >= 0.6 is 15.9 Å². The molecule has 1 aromatic carbocycles. The van der Waals surface area contributed by atoms with E-state index in [2.05, 4.69) is 15.9 Å². The summed E-state index contributed by atoms with van der Waals surface area (Å²) in [5.74, 6) is 0. The van der Waals surface area contributed by atoms with Gasteiger partial charge in [0.05, 0.1) is 0 Å². The van der Waals surface area contributed by atoms with Gasteiger partial charge in [0.1, 0.15) is 0 Å². The zero-order chi connectivity index (χ0) is 11.8. The molecule has 1 atom stereocenters. The van der Waals surface area contributed by atoms with Crippen molar-refractivity contribution in [1.82, 2.24) is 0 Å². The molecule has 84 valence electrons. The molecule has 0 aliphatic heterocycles. The fraction of sp³-hybridized carbons (Fsp3) is 0.400. The highest BCUT2D eigenvalue weighted by molar-refractivity contribution is 9.10. The number of halogens is 4. The third kappa shape index (κ3) is 2.72. The molecule has 1 rings (SSSR count). The summed E-state index contributed by atoms with van der Waals surface area (Å²) in [5.41, 5.74) is 0.986. The maximum atomic E-state index is 12.3. The van der Waals surface area contributed by atoms with Gasteiger partial charge < -0.3 is 5.11 Å². The minimum atomic E-state index is -4.62. The lowest BCUT2D eigenvalue weighted by molar-refractivity contribution is -0.207. The lowest BCUT2D eigenvalue weighted by Crippen LogP contribution is -2.21. The minimum absolute atomic E-state index is 0.0943. The van der Waals surface area contributed by atoms with E-state index < -0.39 is 12.3 Å². The normalized spacial score (nSPS) is 14.1. The highest BCUT2D eigenvalue weighted by Gasteiger charge is 2.40. The average Bonchev–Trinajstić information content (AvgIpc) is 2.08. The molecule has 0 saturated heterocycles. The second kappa shape index (κ2) is 4.14. The van der Waals surface area contributed by atoms with Gasteiger partial charge in [-0.15, -0.1) is 0 Å². The Morgan fingerprint density at radius 2 is 1.73 bits per heavy atom. The topological polar surface area (TPSA) is 20.2 Å². The van der Waals surface area contributed by atoms with Crippen LogP contribution in [-0.2, 0) is 0 Å². The molecule has 1 unspecified atom stereocenters. The fourth-order valence-electron chi connectivity index (χ4n) is 1.27. The molecule has 0 aliphatic rings. The summed E-state index contributed by atoms with van der Waals surface area (Å²) >= 11 is 3.22. The van der Waals surface area contributed by atoms with E-state index in [1.165, 1.54) is 13.0 Å². The Hall–Kier alpha value is -0.550. The summed E-state index contributed by atoms with van der Waals surface area (Å²) < 4.78 is 37.6. The second-order valence-electron chi connectivity index (χ2n) is 3.40. The lowest BCUT2D eigenvalue weighted by Gasteiger charge is -2.18. The standard InChI is InChI=1S/C10H10BrF3O/c1-5-4-8(11)6(2)3-7(5)9(15)10(12,13)14/h3-4,9,15H,1-2H3. The Morgan fingerprint density at radius 1 is 1.20 bits per heavy atom. The first-order valence-corrected chi connectivity index (χ1v) is 5.04. The van der Waals surface area contributed by atoms with Crippen molar-refractivity contribution in [2.75, 3.05) is 0 Å². The van der Waals surface area contributed by atoms with Crippen LogP contribution in [0.5, 0.6) is 0 Å². The van der Waals surface area contributed by atoms with Crippen LogP contribution in [0.25, 0.3) is 0 Å². The molecular weight excluding hydrogens is 273 g/mol. The summed E-state index contributed by atoms with van der Waals surface area (Å²) in [6.45, 7) is 3.21. The summed E-state index contributed by atoms with van der Waals surface area (Å²) in [6, 6.07) is 2.91. The molecule has 0 aromatic heterocycles. The van der Waals surface area contributed by atoms with Crippen LogP contribution in [0.2, 0.25) is 0 Å². The first kappa shape index (κ1) is 12.5. The first-order chi connectivity index (χ1) is 6.73. The largest absolute Gasteiger partial charge is 0.418 e. The molecule has 0 spiro atoms. The van der Waals surface area contributed by atoms with E-state index in [9.17, 15) is 13.2 Å². The van der Waals surface area contributed by atoms with Crippen molar-refractivity contribution in [2.45, 2.75) is 26.1 Å². The van der Waals surface area contributed by atoms with Crippen LogP contribution in [0.15, 0.2) is 16.6 Å². The quantitative estimate of drug-likeness (QED) is 0.834. The maximum absolute atomic E-state index is 12.3. The van der Waals surface area contributed by atoms with E-state index in [1.54, 1.807) is 13.0 Å². The van der Waals surface area contributed by atoms with Gasteiger partial charge in [-0.2, -0.15) is 13.2 Å². The molecule has 1 N–H and O–H groups in total. The molecule has 0 saturated carbocycles. The first-order valence-electron chi connectivity index (χ1n) is 4.25. The van der Waals surface area contributed by atoms with Gasteiger partial charge >= 0.3 is 6.18 Å². The van der Waals surface area contributed by atoms with Crippen molar-refractivity contribution in [3.8, 4) is 0 Å². The van der Waals surface area contributed by atoms with Crippen LogP contribution in [0.3, 0.4) is 0 Å². The molecule has 0 radical (unpaired) electrons. The van der Waals surface area contributed by atoms with Crippen molar-refractivity contribution in [3.63, 3.8) is 0 Å². The van der Waals surface area contributed by atoms with Crippen LogP contribution in [0.4, 0.5) is 13.2 Å². The molecule has 15 heavy (non-hydrogen) atoms. The van der Waals surface area contributed by atoms with E-state index >= 15 is 0 Å². The number of rotatable bonds is 1.